The summed E-state index contributed by atoms with van der Waals surface area (Å²) in [6.45, 7) is 3.46. The Morgan fingerprint density at radius 3 is 2.88 bits per heavy atom. The lowest BCUT2D eigenvalue weighted by atomic mass is 10.2. The zero-order valence-corrected chi connectivity index (χ0v) is 19.3. The van der Waals surface area contributed by atoms with Gasteiger partial charge in [-0.2, -0.15) is 11.8 Å². The Kier molecular flexibility index (Phi) is 10.8. The third-order valence-electron chi connectivity index (χ3n) is 3.86. The maximum Gasteiger partial charge on any atom is 0.226 e. The molecule has 1 heterocycles. The molecular weight excluding hydrogens is 515 g/mol. The van der Waals surface area contributed by atoms with Gasteiger partial charge in [0.1, 0.15) is 0 Å². The monoisotopic (exact) mass is 540 g/mol. The maximum absolute atomic E-state index is 12.1. The summed E-state index contributed by atoms with van der Waals surface area (Å²) in [6, 6.07) is 5.86. The fourth-order valence-corrected chi connectivity index (χ4v) is 4.03. The van der Waals surface area contributed by atoms with Crippen molar-refractivity contribution < 1.29 is 4.79 Å². The van der Waals surface area contributed by atoms with Gasteiger partial charge in [-0.1, -0.05) is 22.0 Å². The molecule has 1 aliphatic rings. The van der Waals surface area contributed by atoms with Gasteiger partial charge in [-0.3, -0.25) is 9.79 Å². The molecule has 1 aliphatic heterocycles. The molecule has 0 bridgehead atoms. The number of guanidine groups is 1. The molecule has 0 saturated carbocycles. The minimum Gasteiger partial charge on any atom is -0.356 e. The molecule has 0 spiro atoms. The minimum absolute atomic E-state index is 0. The minimum atomic E-state index is -0.00879. The van der Waals surface area contributed by atoms with Gasteiger partial charge in [-0.05, 0) is 43.2 Å². The van der Waals surface area contributed by atoms with Crippen LogP contribution in [0.25, 0.3) is 0 Å². The summed E-state index contributed by atoms with van der Waals surface area (Å²) in [6.07, 6.45) is 2.96. The van der Waals surface area contributed by atoms with Crippen LogP contribution >= 0.6 is 51.7 Å². The maximum atomic E-state index is 12.1. The van der Waals surface area contributed by atoms with E-state index in [1.165, 1.54) is 18.6 Å². The number of rotatable bonds is 6. The van der Waals surface area contributed by atoms with E-state index in [1.54, 1.807) is 7.05 Å². The van der Waals surface area contributed by atoms with Crippen molar-refractivity contribution in [2.75, 3.05) is 31.2 Å². The van der Waals surface area contributed by atoms with Crippen molar-refractivity contribution in [3.8, 4) is 0 Å². The second-order valence-corrected chi connectivity index (χ2v) is 8.10. The van der Waals surface area contributed by atoms with Gasteiger partial charge >= 0.3 is 0 Å². The highest BCUT2D eigenvalue weighted by molar-refractivity contribution is 14.0. The van der Waals surface area contributed by atoms with E-state index >= 15 is 0 Å². The smallest absolute Gasteiger partial charge is 0.226 e. The second kappa shape index (κ2) is 12.0. The predicted molar refractivity (Wildman–Crippen MR) is 122 cm³/mol. The lowest BCUT2D eigenvalue weighted by Crippen LogP contribution is -2.41. The Balaban J connectivity index is 0.00000312. The number of carbonyl (C=O) groups is 1. The van der Waals surface area contributed by atoms with Crippen molar-refractivity contribution in [1.29, 1.82) is 0 Å². The first-order chi connectivity index (χ1) is 11.6. The summed E-state index contributed by atoms with van der Waals surface area (Å²) < 4.78 is 0.955. The summed E-state index contributed by atoms with van der Waals surface area (Å²) in [7, 11) is 1.75. The number of nitrogens with zero attached hydrogens (tertiary/aromatic N) is 1. The molecule has 0 aliphatic carbocycles. The van der Waals surface area contributed by atoms with Crippen LogP contribution in [0.5, 0.6) is 0 Å². The van der Waals surface area contributed by atoms with E-state index in [9.17, 15) is 4.79 Å². The van der Waals surface area contributed by atoms with Gasteiger partial charge in [0.15, 0.2) is 5.96 Å². The van der Waals surface area contributed by atoms with Gasteiger partial charge in [-0.25, -0.2) is 0 Å². The van der Waals surface area contributed by atoms with Crippen LogP contribution in [-0.4, -0.2) is 43.0 Å². The average Bonchev–Trinajstić information content (AvgIpc) is 3.07. The molecule has 3 N–H and O–H groups in total. The Labute approximate surface area is 179 Å². The second-order valence-electron chi connectivity index (χ2n) is 5.77. The fourth-order valence-electron chi connectivity index (χ4n) is 2.47. The van der Waals surface area contributed by atoms with E-state index in [1.807, 2.05) is 36.9 Å². The summed E-state index contributed by atoms with van der Waals surface area (Å²) >= 11 is 5.44. The fraction of sp³-hybridized carbons (Fsp3) is 0.529. The lowest BCUT2D eigenvalue weighted by Gasteiger charge is -2.15. The number of hydrogen-bond donors (Lipinski definition) is 3. The van der Waals surface area contributed by atoms with E-state index in [0.717, 1.165) is 28.2 Å². The van der Waals surface area contributed by atoms with E-state index in [4.69, 9.17) is 0 Å². The molecule has 5 nitrogen and oxygen atoms in total. The molecule has 2 rings (SSSR count). The van der Waals surface area contributed by atoms with Gasteiger partial charge in [-0.15, -0.1) is 24.0 Å². The van der Waals surface area contributed by atoms with Crippen molar-refractivity contribution in [2.45, 2.75) is 31.4 Å². The molecule has 0 radical (unpaired) electrons. The molecule has 1 amide bonds. The molecule has 1 aromatic carbocycles. The number of carbonyl (C=O) groups excluding carboxylic acids is 1. The summed E-state index contributed by atoms with van der Waals surface area (Å²) in [5.74, 6) is 2.01. The number of halogens is 2. The van der Waals surface area contributed by atoms with Gasteiger partial charge in [0.25, 0.3) is 0 Å². The van der Waals surface area contributed by atoms with Gasteiger partial charge < -0.3 is 16.0 Å². The number of hydrogen-bond acceptors (Lipinski definition) is 3. The molecule has 140 valence electrons. The molecule has 1 atom stereocenters. The molecule has 1 unspecified atom stereocenters. The zero-order chi connectivity index (χ0) is 17.4. The van der Waals surface area contributed by atoms with Gasteiger partial charge in [0, 0.05) is 42.0 Å². The van der Waals surface area contributed by atoms with Crippen molar-refractivity contribution in [1.82, 2.24) is 10.6 Å². The van der Waals surface area contributed by atoms with Gasteiger partial charge in [0.05, 0.1) is 0 Å². The SMILES string of the molecule is CN=C(NCCC(=O)Nc1cc(Br)ccc1C)NCC1CCCS1.I. The van der Waals surface area contributed by atoms with Crippen LogP contribution in [0, 0.1) is 6.92 Å². The van der Waals surface area contributed by atoms with Crippen molar-refractivity contribution in [3.63, 3.8) is 0 Å². The zero-order valence-electron chi connectivity index (χ0n) is 14.6. The largest absolute Gasteiger partial charge is 0.356 e. The standard InChI is InChI=1S/C17H25BrN4OS.HI/c1-12-5-6-13(18)10-15(12)22-16(23)7-8-20-17(19-2)21-11-14-4-3-9-24-14;/h5-6,10,14H,3-4,7-9,11H2,1-2H3,(H,22,23)(H2,19,20,21);1H. The molecule has 1 fully saturated rings. The van der Waals surface area contributed by atoms with Crippen LogP contribution in [-0.2, 0) is 4.79 Å². The number of nitrogens with one attached hydrogen (secondary N) is 3. The summed E-state index contributed by atoms with van der Waals surface area (Å²) in [4.78, 5) is 16.3. The normalized spacial score (nSPS) is 16.9. The number of thioether (sulfide) groups is 1. The molecule has 8 heteroatoms. The summed E-state index contributed by atoms with van der Waals surface area (Å²) in [5.41, 5.74) is 1.89. The molecule has 1 saturated heterocycles. The van der Waals surface area contributed by atoms with Crippen molar-refractivity contribution in [2.24, 2.45) is 4.99 Å². The molecule has 25 heavy (non-hydrogen) atoms. The van der Waals surface area contributed by atoms with Crippen LogP contribution < -0.4 is 16.0 Å². The summed E-state index contributed by atoms with van der Waals surface area (Å²) in [5, 5.41) is 10.1. The molecular formula is C17H26BrIN4OS. The molecule has 1 aromatic rings. The van der Waals surface area contributed by atoms with Gasteiger partial charge in [0.2, 0.25) is 5.91 Å². The third kappa shape index (κ3) is 8.17. The van der Waals surface area contributed by atoms with Crippen molar-refractivity contribution >= 4 is 69.2 Å². The Hall–Kier alpha value is -0.480. The van der Waals surface area contributed by atoms with Crippen LogP contribution in [0.15, 0.2) is 27.7 Å². The average molecular weight is 541 g/mol. The Morgan fingerprint density at radius 2 is 2.20 bits per heavy atom. The number of amides is 1. The first kappa shape index (κ1) is 22.6. The van der Waals surface area contributed by atoms with Crippen LogP contribution in [0.3, 0.4) is 0 Å². The molecule has 0 aromatic heterocycles. The van der Waals surface area contributed by atoms with E-state index in [-0.39, 0.29) is 29.9 Å². The van der Waals surface area contributed by atoms with Crippen LogP contribution in [0.1, 0.15) is 24.8 Å². The van der Waals surface area contributed by atoms with E-state index in [0.29, 0.717) is 18.2 Å². The highest BCUT2D eigenvalue weighted by Crippen LogP contribution is 2.25. The topological polar surface area (TPSA) is 65.5 Å². The number of aryl methyl sites for hydroxylation is 1. The Morgan fingerprint density at radius 1 is 1.40 bits per heavy atom. The highest BCUT2D eigenvalue weighted by atomic mass is 127. The lowest BCUT2D eigenvalue weighted by molar-refractivity contribution is -0.116. The van der Waals surface area contributed by atoms with Crippen LogP contribution in [0.2, 0.25) is 0 Å². The first-order valence-electron chi connectivity index (χ1n) is 8.20. The predicted octanol–water partition coefficient (Wildman–Crippen LogP) is 3.76. The third-order valence-corrected chi connectivity index (χ3v) is 5.75. The Bertz CT molecular complexity index is 594. The first-order valence-corrected chi connectivity index (χ1v) is 10.0. The quantitative estimate of drug-likeness (QED) is 0.292. The van der Waals surface area contributed by atoms with E-state index < -0.39 is 0 Å². The number of benzene rings is 1. The number of anilines is 1. The van der Waals surface area contributed by atoms with E-state index in [2.05, 4.69) is 36.9 Å². The van der Waals surface area contributed by atoms with Crippen molar-refractivity contribution in [3.05, 3.63) is 28.2 Å². The number of aliphatic imine (C=N–C) groups is 1. The highest BCUT2D eigenvalue weighted by Gasteiger charge is 2.15. The van der Waals surface area contributed by atoms with Crippen LogP contribution in [0.4, 0.5) is 5.69 Å².